The molecule has 56 valence electrons. The molecule has 2 heteroatoms. The van der Waals surface area contributed by atoms with Gasteiger partial charge in [0.1, 0.15) is 0 Å². The van der Waals surface area contributed by atoms with Crippen LogP contribution in [-0.2, 0) is 6.42 Å². The maximum absolute atomic E-state index is 8.48. The van der Waals surface area contributed by atoms with Crippen molar-refractivity contribution in [3.63, 3.8) is 0 Å². The fraction of sp³-hybridized carbons (Fsp3) is 0.222. The molecule has 0 unspecified atom stereocenters. The van der Waals surface area contributed by atoms with E-state index in [9.17, 15) is 0 Å². The molecule has 0 aliphatic carbocycles. The topological polar surface area (TPSA) is 23.8 Å². The lowest BCUT2D eigenvalue weighted by molar-refractivity contribution is 1.20. The van der Waals surface area contributed by atoms with Gasteiger partial charge in [0, 0.05) is 3.57 Å². The van der Waals surface area contributed by atoms with Gasteiger partial charge in [0.25, 0.3) is 0 Å². The summed E-state index contributed by atoms with van der Waals surface area (Å²) in [5.74, 6) is 0. The highest BCUT2D eigenvalue weighted by Crippen LogP contribution is 2.15. The molecule has 0 saturated carbocycles. The largest absolute Gasteiger partial charge is 0.198 e. The second kappa shape index (κ2) is 3.72. The Labute approximate surface area is 80.2 Å². The Hall–Kier alpha value is -0.560. The molecule has 11 heavy (non-hydrogen) atoms. The third-order valence-electron chi connectivity index (χ3n) is 1.65. The lowest BCUT2D eigenvalue weighted by atomic mass is 10.1. The summed E-state index contributed by atoms with van der Waals surface area (Å²) < 4.78 is 1.23. The third-order valence-corrected chi connectivity index (χ3v) is 2.82. The maximum atomic E-state index is 8.48. The molecule has 1 nitrogen and oxygen atoms in total. The van der Waals surface area contributed by atoms with Gasteiger partial charge in [-0.15, -0.1) is 0 Å². The maximum Gasteiger partial charge on any atom is 0.0669 e. The van der Waals surface area contributed by atoms with Gasteiger partial charge in [0.15, 0.2) is 0 Å². The molecule has 1 aromatic carbocycles. The minimum absolute atomic E-state index is 0.517. The Kier molecular flexibility index (Phi) is 2.89. The fourth-order valence-electron chi connectivity index (χ4n) is 0.929. The highest BCUT2D eigenvalue weighted by atomic mass is 127. The molecule has 0 fully saturated rings. The first kappa shape index (κ1) is 8.54. The summed E-state index contributed by atoms with van der Waals surface area (Å²) in [6.07, 6.45) is 0.517. The van der Waals surface area contributed by atoms with Gasteiger partial charge < -0.3 is 0 Å². The van der Waals surface area contributed by atoms with Crippen molar-refractivity contribution in [2.75, 3.05) is 0 Å². The number of rotatable bonds is 1. The van der Waals surface area contributed by atoms with Crippen LogP contribution in [0.1, 0.15) is 11.1 Å². The van der Waals surface area contributed by atoms with E-state index in [0.29, 0.717) is 6.42 Å². The van der Waals surface area contributed by atoms with Crippen molar-refractivity contribution in [1.29, 1.82) is 5.26 Å². The van der Waals surface area contributed by atoms with Gasteiger partial charge in [-0.25, -0.2) is 0 Å². The fourth-order valence-corrected chi connectivity index (χ4v) is 1.48. The first-order chi connectivity index (χ1) is 5.25. The Morgan fingerprint density at radius 3 is 2.91 bits per heavy atom. The molecule has 1 rings (SSSR count). The van der Waals surface area contributed by atoms with Gasteiger partial charge in [-0.3, -0.25) is 0 Å². The molecule has 0 amide bonds. The van der Waals surface area contributed by atoms with Gasteiger partial charge in [0.2, 0.25) is 0 Å². The molecule has 0 aromatic heterocycles. The molecule has 0 saturated heterocycles. The summed E-state index contributed by atoms with van der Waals surface area (Å²) in [5.41, 5.74) is 2.37. The Morgan fingerprint density at radius 2 is 2.27 bits per heavy atom. The van der Waals surface area contributed by atoms with E-state index in [0.717, 1.165) is 5.56 Å². The predicted octanol–water partition coefficient (Wildman–Crippen LogP) is 2.67. The van der Waals surface area contributed by atoms with Crippen LogP contribution < -0.4 is 0 Å². The van der Waals surface area contributed by atoms with Crippen LogP contribution in [0.3, 0.4) is 0 Å². The number of benzene rings is 1. The molecule has 0 aliphatic rings. The Balaban J connectivity index is 3.08. The summed E-state index contributed by atoms with van der Waals surface area (Å²) in [6, 6.07) is 8.19. The average molecular weight is 257 g/mol. The Morgan fingerprint density at radius 1 is 1.55 bits per heavy atom. The minimum Gasteiger partial charge on any atom is -0.198 e. The zero-order chi connectivity index (χ0) is 8.27. The monoisotopic (exact) mass is 257 g/mol. The molecule has 0 heterocycles. The number of nitriles is 1. The highest BCUT2D eigenvalue weighted by molar-refractivity contribution is 14.1. The van der Waals surface area contributed by atoms with E-state index in [1.54, 1.807) is 0 Å². The number of hydrogen-bond donors (Lipinski definition) is 0. The standard InChI is InChI=1S/C9H8IN/c1-7-8(5-6-11)3-2-4-9(7)10/h2-4H,5H2,1H3. The molecule has 1 aromatic rings. The van der Waals surface area contributed by atoms with E-state index in [2.05, 4.69) is 41.7 Å². The summed E-state index contributed by atoms with van der Waals surface area (Å²) in [5, 5.41) is 8.48. The molecule has 0 bridgehead atoms. The van der Waals surface area contributed by atoms with Crippen molar-refractivity contribution in [3.8, 4) is 6.07 Å². The van der Waals surface area contributed by atoms with E-state index in [4.69, 9.17) is 5.26 Å². The van der Waals surface area contributed by atoms with E-state index in [-0.39, 0.29) is 0 Å². The van der Waals surface area contributed by atoms with Crippen LogP contribution in [0.4, 0.5) is 0 Å². The molecule has 0 spiro atoms. The second-order valence-corrected chi connectivity index (χ2v) is 3.52. The van der Waals surface area contributed by atoms with Gasteiger partial charge in [-0.05, 0) is 46.7 Å². The first-order valence-corrected chi connectivity index (χ1v) is 4.44. The van der Waals surface area contributed by atoms with Crippen molar-refractivity contribution in [1.82, 2.24) is 0 Å². The predicted molar refractivity (Wildman–Crippen MR) is 53.2 cm³/mol. The zero-order valence-electron chi connectivity index (χ0n) is 6.26. The molecule has 0 radical (unpaired) electrons. The van der Waals surface area contributed by atoms with Crippen LogP contribution in [0.15, 0.2) is 18.2 Å². The van der Waals surface area contributed by atoms with Crippen LogP contribution in [0, 0.1) is 21.8 Å². The minimum atomic E-state index is 0.517. The summed E-state index contributed by atoms with van der Waals surface area (Å²) >= 11 is 2.28. The second-order valence-electron chi connectivity index (χ2n) is 2.36. The number of hydrogen-bond acceptors (Lipinski definition) is 1. The Bertz CT molecular complexity index is 299. The first-order valence-electron chi connectivity index (χ1n) is 3.36. The highest BCUT2D eigenvalue weighted by Gasteiger charge is 1.99. The van der Waals surface area contributed by atoms with Gasteiger partial charge >= 0.3 is 0 Å². The lowest BCUT2D eigenvalue weighted by Gasteiger charge is -2.01. The van der Waals surface area contributed by atoms with Gasteiger partial charge in [-0.2, -0.15) is 5.26 Å². The molecular formula is C9H8IN. The molecule has 0 N–H and O–H groups in total. The molecule has 0 aliphatic heterocycles. The molecule has 0 atom stereocenters. The summed E-state index contributed by atoms with van der Waals surface area (Å²) in [4.78, 5) is 0. The van der Waals surface area contributed by atoms with E-state index in [1.807, 2.05) is 12.1 Å². The average Bonchev–Trinajstić information content (AvgIpc) is 1.99. The van der Waals surface area contributed by atoms with Crippen LogP contribution in [0.5, 0.6) is 0 Å². The smallest absolute Gasteiger partial charge is 0.0669 e. The van der Waals surface area contributed by atoms with Crippen molar-refractivity contribution in [3.05, 3.63) is 32.9 Å². The van der Waals surface area contributed by atoms with Crippen LogP contribution >= 0.6 is 22.6 Å². The lowest BCUT2D eigenvalue weighted by Crippen LogP contribution is -1.89. The van der Waals surface area contributed by atoms with Crippen LogP contribution in [0.25, 0.3) is 0 Å². The number of halogens is 1. The van der Waals surface area contributed by atoms with Gasteiger partial charge in [0.05, 0.1) is 12.5 Å². The van der Waals surface area contributed by atoms with E-state index in [1.165, 1.54) is 9.13 Å². The quantitative estimate of drug-likeness (QED) is 0.709. The van der Waals surface area contributed by atoms with Crippen molar-refractivity contribution >= 4 is 22.6 Å². The SMILES string of the molecule is Cc1c(I)cccc1CC#N. The summed E-state index contributed by atoms with van der Waals surface area (Å²) in [7, 11) is 0. The molecular weight excluding hydrogens is 249 g/mol. The normalized spacial score (nSPS) is 9.18. The van der Waals surface area contributed by atoms with Crippen LogP contribution in [0.2, 0.25) is 0 Å². The van der Waals surface area contributed by atoms with Gasteiger partial charge in [-0.1, -0.05) is 12.1 Å². The van der Waals surface area contributed by atoms with Crippen LogP contribution in [-0.4, -0.2) is 0 Å². The van der Waals surface area contributed by atoms with Crippen molar-refractivity contribution in [2.24, 2.45) is 0 Å². The summed E-state index contributed by atoms with van der Waals surface area (Å²) in [6.45, 7) is 2.05. The van der Waals surface area contributed by atoms with E-state index >= 15 is 0 Å². The number of nitrogens with zero attached hydrogens (tertiary/aromatic N) is 1. The third kappa shape index (κ3) is 1.93. The van der Waals surface area contributed by atoms with Crippen molar-refractivity contribution in [2.45, 2.75) is 13.3 Å². The zero-order valence-corrected chi connectivity index (χ0v) is 8.42. The van der Waals surface area contributed by atoms with E-state index < -0.39 is 0 Å². The van der Waals surface area contributed by atoms with Crippen molar-refractivity contribution < 1.29 is 0 Å².